The summed E-state index contributed by atoms with van der Waals surface area (Å²) >= 11 is 11.7. The third-order valence-corrected chi connectivity index (χ3v) is 3.85. The first kappa shape index (κ1) is 14.4. The number of hydrogen-bond donors (Lipinski definition) is 0. The van der Waals surface area contributed by atoms with Crippen molar-refractivity contribution in [1.29, 1.82) is 0 Å². The summed E-state index contributed by atoms with van der Waals surface area (Å²) in [7, 11) is 0. The monoisotopic (exact) mass is 322 g/mol. The highest BCUT2D eigenvalue weighted by Crippen LogP contribution is 2.25. The molecule has 0 aliphatic carbocycles. The van der Waals surface area contributed by atoms with Crippen LogP contribution in [0.2, 0.25) is 5.02 Å². The first-order chi connectivity index (χ1) is 10.2. The van der Waals surface area contributed by atoms with E-state index in [2.05, 4.69) is 4.98 Å². The lowest BCUT2D eigenvalue weighted by Crippen LogP contribution is -2.06. The van der Waals surface area contributed by atoms with Crippen LogP contribution in [0.3, 0.4) is 0 Å². The van der Waals surface area contributed by atoms with Gasteiger partial charge in [0.2, 0.25) is 0 Å². The minimum Gasteiger partial charge on any atom is -0.323 e. The van der Waals surface area contributed by atoms with Gasteiger partial charge in [-0.15, -0.1) is 11.6 Å². The van der Waals surface area contributed by atoms with Crippen molar-refractivity contribution in [2.24, 2.45) is 0 Å². The largest absolute Gasteiger partial charge is 0.323 e. The summed E-state index contributed by atoms with van der Waals surface area (Å²) < 4.78 is 15.8. The van der Waals surface area contributed by atoms with Crippen molar-refractivity contribution in [3.8, 4) is 0 Å². The fourth-order valence-corrected chi connectivity index (χ4v) is 2.71. The van der Waals surface area contributed by atoms with Gasteiger partial charge in [0.1, 0.15) is 11.6 Å². The lowest BCUT2D eigenvalue weighted by atomic mass is 10.2. The van der Waals surface area contributed by atoms with Crippen molar-refractivity contribution in [2.75, 3.05) is 5.88 Å². The van der Waals surface area contributed by atoms with Crippen LogP contribution in [0.4, 0.5) is 4.39 Å². The SMILES string of the molecule is Fc1cc2c(cc1Cl)nc(CCCl)n2Cc1ccccc1. The Hall–Kier alpha value is -1.58. The number of benzene rings is 2. The van der Waals surface area contributed by atoms with Gasteiger partial charge in [-0.2, -0.15) is 0 Å². The molecule has 108 valence electrons. The molecule has 0 atom stereocenters. The number of nitrogens with zero attached hydrogens (tertiary/aromatic N) is 2. The van der Waals surface area contributed by atoms with Gasteiger partial charge in [-0.05, 0) is 11.6 Å². The van der Waals surface area contributed by atoms with Gasteiger partial charge in [0.15, 0.2) is 0 Å². The molecule has 1 aromatic heterocycles. The molecule has 0 bridgehead atoms. The minimum atomic E-state index is -0.434. The number of hydrogen-bond acceptors (Lipinski definition) is 1. The first-order valence-electron chi connectivity index (χ1n) is 6.63. The van der Waals surface area contributed by atoms with Crippen molar-refractivity contribution in [3.63, 3.8) is 0 Å². The Balaban J connectivity index is 2.13. The van der Waals surface area contributed by atoms with Crippen molar-refractivity contribution < 1.29 is 4.39 Å². The van der Waals surface area contributed by atoms with Crippen LogP contribution < -0.4 is 0 Å². The zero-order valence-corrected chi connectivity index (χ0v) is 12.7. The molecule has 0 unspecified atom stereocenters. The van der Waals surface area contributed by atoms with Gasteiger partial charge in [-0.25, -0.2) is 9.37 Å². The van der Waals surface area contributed by atoms with E-state index in [0.29, 0.717) is 24.4 Å². The summed E-state index contributed by atoms with van der Waals surface area (Å²) in [5.41, 5.74) is 2.56. The topological polar surface area (TPSA) is 17.8 Å². The number of halogens is 3. The number of aryl methyl sites for hydroxylation is 1. The Morgan fingerprint density at radius 2 is 1.90 bits per heavy atom. The maximum atomic E-state index is 13.8. The predicted octanol–water partition coefficient (Wildman–Crippen LogP) is 4.66. The maximum Gasteiger partial charge on any atom is 0.144 e. The minimum absolute atomic E-state index is 0.0873. The van der Waals surface area contributed by atoms with Gasteiger partial charge >= 0.3 is 0 Å². The Kier molecular flexibility index (Phi) is 4.13. The average molecular weight is 323 g/mol. The molecule has 0 radical (unpaired) electrons. The second-order valence-corrected chi connectivity index (χ2v) is 5.58. The van der Waals surface area contributed by atoms with Crippen molar-refractivity contribution >= 4 is 34.2 Å². The van der Waals surface area contributed by atoms with Crippen LogP contribution in [0, 0.1) is 5.82 Å². The molecular weight excluding hydrogens is 310 g/mol. The van der Waals surface area contributed by atoms with E-state index in [4.69, 9.17) is 23.2 Å². The van der Waals surface area contributed by atoms with Crippen LogP contribution in [0.25, 0.3) is 11.0 Å². The highest BCUT2D eigenvalue weighted by molar-refractivity contribution is 6.31. The van der Waals surface area contributed by atoms with Crippen LogP contribution in [0.1, 0.15) is 11.4 Å². The van der Waals surface area contributed by atoms with Crippen LogP contribution in [-0.4, -0.2) is 15.4 Å². The van der Waals surface area contributed by atoms with E-state index in [1.54, 1.807) is 6.07 Å². The van der Waals surface area contributed by atoms with Crippen LogP contribution in [-0.2, 0) is 13.0 Å². The molecule has 3 aromatic rings. The molecule has 0 fully saturated rings. The summed E-state index contributed by atoms with van der Waals surface area (Å²) in [6.07, 6.45) is 0.627. The Morgan fingerprint density at radius 1 is 1.14 bits per heavy atom. The molecule has 5 heteroatoms. The quantitative estimate of drug-likeness (QED) is 0.639. The number of alkyl halides is 1. The van der Waals surface area contributed by atoms with Crippen molar-refractivity contribution in [2.45, 2.75) is 13.0 Å². The average Bonchev–Trinajstić information content (AvgIpc) is 2.79. The van der Waals surface area contributed by atoms with E-state index in [9.17, 15) is 4.39 Å². The van der Waals surface area contributed by atoms with Gasteiger partial charge in [0.25, 0.3) is 0 Å². The van der Waals surface area contributed by atoms with Crippen LogP contribution >= 0.6 is 23.2 Å². The summed E-state index contributed by atoms with van der Waals surface area (Å²) in [4.78, 5) is 4.53. The van der Waals surface area contributed by atoms with Crippen LogP contribution in [0.5, 0.6) is 0 Å². The molecule has 21 heavy (non-hydrogen) atoms. The molecule has 0 saturated heterocycles. The Morgan fingerprint density at radius 3 is 2.62 bits per heavy atom. The van der Waals surface area contributed by atoms with Gasteiger partial charge in [-0.1, -0.05) is 41.9 Å². The van der Waals surface area contributed by atoms with Crippen molar-refractivity contribution in [1.82, 2.24) is 9.55 Å². The second kappa shape index (κ2) is 6.04. The molecule has 0 aliphatic rings. The fraction of sp³-hybridized carbons (Fsp3) is 0.188. The van der Waals surface area contributed by atoms with Crippen molar-refractivity contribution in [3.05, 3.63) is 64.7 Å². The molecular formula is C16H13Cl2FN2. The molecule has 0 N–H and O–H groups in total. The van der Waals surface area contributed by atoms with E-state index < -0.39 is 5.82 Å². The molecule has 2 nitrogen and oxygen atoms in total. The number of rotatable bonds is 4. The second-order valence-electron chi connectivity index (χ2n) is 4.79. The lowest BCUT2D eigenvalue weighted by Gasteiger charge is -2.09. The van der Waals surface area contributed by atoms with E-state index >= 15 is 0 Å². The normalized spacial score (nSPS) is 11.2. The fourth-order valence-electron chi connectivity index (χ4n) is 2.39. The van der Waals surface area contributed by atoms with E-state index in [1.165, 1.54) is 6.07 Å². The Bertz CT molecular complexity index is 769. The highest BCUT2D eigenvalue weighted by Gasteiger charge is 2.13. The molecule has 0 aliphatic heterocycles. The Labute approximate surface area is 132 Å². The van der Waals surface area contributed by atoms with E-state index in [-0.39, 0.29) is 5.02 Å². The predicted molar refractivity (Wildman–Crippen MR) is 84.7 cm³/mol. The number of imidazole rings is 1. The molecule has 2 aromatic carbocycles. The molecule has 0 amide bonds. The third kappa shape index (κ3) is 2.89. The lowest BCUT2D eigenvalue weighted by molar-refractivity contribution is 0.628. The highest BCUT2D eigenvalue weighted by atomic mass is 35.5. The summed E-state index contributed by atoms with van der Waals surface area (Å²) in [5, 5.41) is 0.0873. The van der Waals surface area contributed by atoms with Gasteiger partial charge < -0.3 is 4.57 Å². The zero-order valence-electron chi connectivity index (χ0n) is 11.2. The smallest absolute Gasteiger partial charge is 0.144 e. The summed E-state index contributed by atoms with van der Waals surface area (Å²) in [5.74, 6) is 0.871. The first-order valence-corrected chi connectivity index (χ1v) is 7.54. The van der Waals surface area contributed by atoms with Gasteiger partial charge in [-0.3, -0.25) is 0 Å². The summed E-state index contributed by atoms with van der Waals surface area (Å²) in [6.45, 7) is 0.630. The standard InChI is InChI=1S/C16H13Cl2FN2/c17-7-6-16-20-14-8-12(18)13(19)9-15(14)21(16)10-11-4-2-1-3-5-11/h1-5,8-9H,6-7,10H2. The van der Waals surface area contributed by atoms with E-state index in [1.807, 2.05) is 34.9 Å². The molecule has 0 saturated carbocycles. The maximum absolute atomic E-state index is 13.8. The summed E-state index contributed by atoms with van der Waals surface area (Å²) in [6, 6.07) is 13.0. The van der Waals surface area contributed by atoms with Crippen LogP contribution in [0.15, 0.2) is 42.5 Å². The third-order valence-electron chi connectivity index (χ3n) is 3.37. The van der Waals surface area contributed by atoms with Gasteiger partial charge in [0.05, 0.1) is 16.1 Å². The van der Waals surface area contributed by atoms with E-state index in [0.717, 1.165) is 16.9 Å². The molecule has 1 heterocycles. The molecule has 0 spiro atoms. The number of fused-ring (bicyclic) bond motifs is 1. The zero-order chi connectivity index (χ0) is 14.8. The van der Waals surface area contributed by atoms with Gasteiger partial charge in [0, 0.05) is 24.9 Å². The molecule has 3 rings (SSSR count). The number of aromatic nitrogens is 2.